The Kier molecular flexibility index (Phi) is 7.04. The van der Waals surface area contributed by atoms with Crippen LogP contribution in [0, 0.1) is 5.92 Å². The highest BCUT2D eigenvalue weighted by atomic mass is 16.5. The zero-order valence-corrected chi connectivity index (χ0v) is 18.5. The van der Waals surface area contributed by atoms with Crippen molar-refractivity contribution >= 4 is 28.7 Å². The molecular weight excluding hydrogens is 412 g/mol. The molecule has 0 aliphatic carbocycles. The van der Waals surface area contributed by atoms with Crippen LogP contribution in [0.15, 0.2) is 29.1 Å². The summed E-state index contributed by atoms with van der Waals surface area (Å²) in [6, 6.07) is 7.49. The van der Waals surface area contributed by atoms with E-state index < -0.39 is 0 Å². The maximum atomic E-state index is 13.3. The molecule has 1 atom stereocenters. The van der Waals surface area contributed by atoms with Crippen molar-refractivity contribution in [3.05, 3.63) is 34.6 Å². The second-order valence-electron chi connectivity index (χ2n) is 8.16. The van der Waals surface area contributed by atoms with Crippen LogP contribution in [-0.4, -0.2) is 72.3 Å². The van der Waals surface area contributed by atoms with E-state index in [1.54, 1.807) is 16.4 Å². The third-order valence-electron chi connectivity index (χ3n) is 6.09. The lowest BCUT2D eigenvalue weighted by Gasteiger charge is -2.31. The van der Waals surface area contributed by atoms with Crippen LogP contribution in [0.4, 0.5) is 5.82 Å². The molecule has 1 amide bonds. The van der Waals surface area contributed by atoms with Crippen molar-refractivity contribution in [1.29, 1.82) is 0 Å². The number of rotatable bonds is 6. The average Bonchev–Trinajstić information content (AvgIpc) is 2.83. The number of aryl methyl sites for hydroxylation is 1. The minimum atomic E-state index is -0.273. The van der Waals surface area contributed by atoms with Crippen LogP contribution < -0.4 is 10.5 Å². The molecular formula is C23H30N4O5. The Hall–Kier alpha value is -2.94. The smallest absolute Gasteiger partial charge is 0.310 e. The predicted molar refractivity (Wildman–Crippen MR) is 120 cm³/mol. The van der Waals surface area contributed by atoms with Crippen LogP contribution in [0.3, 0.4) is 0 Å². The molecule has 9 nitrogen and oxygen atoms in total. The Labute approximate surface area is 186 Å². The molecule has 2 aromatic rings. The van der Waals surface area contributed by atoms with Crippen LogP contribution in [0.2, 0.25) is 0 Å². The average molecular weight is 443 g/mol. The van der Waals surface area contributed by atoms with E-state index in [2.05, 4.69) is 4.98 Å². The third-order valence-corrected chi connectivity index (χ3v) is 6.09. The van der Waals surface area contributed by atoms with Gasteiger partial charge >= 0.3 is 5.97 Å². The quantitative estimate of drug-likeness (QED) is 0.625. The minimum Gasteiger partial charge on any atom is -0.466 e. The molecule has 172 valence electrons. The van der Waals surface area contributed by atoms with Crippen LogP contribution in [-0.2, 0) is 25.6 Å². The highest BCUT2D eigenvalue weighted by Gasteiger charge is 2.29. The number of piperidine rings is 1. The van der Waals surface area contributed by atoms with Crippen LogP contribution >= 0.6 is 0 Å². The fourth-order valence-corrected chi connectivity index (χ4v) is 4.40. The van der Waals surface area contributed by atoms with Crippen molar-refractivity contribution in [1.82, 2.24) is 14.5 Å². The molecule has 2 fully saturated rings. The van der Waals surface area contributed by atoms with Crippen molar-refractivity contribution < 1.29 is 19.1 Å². The van der Waals surface area contributed by atoms with Gasteiger partial charge in [-0.25, -0.2) is 4.98 Å². The highest BCUT2D eigenvalue weighted by Crippen LogP contribution is 2.20. The fraction of sp³-hybridized carbons (Fsp3) is 0.565. The van der Waals surface area contributed by atoms with E-state index in [-0.39, 0.29) is 36.3 Å². The van der Waals surface area contributed by atoms with E-state index in [0.29, 0.717) is 57.3 Å². The summed E-state index contributed by atoms with van der Waals surface area (Å²) in [6.07, 6.45) is 1.69. The molecule has 4 rings (SSSR count). The summed E-state index contributed by atoms with van der Waals surface area (Å²) in [7, 11) is 0. The Morgan fingerprint density at radius 3 is 2.75 bits per heavy atom. The molecule has 0 spiro atoms. The summed E-state index contributed by atoms with van der Waals surface area (Å²) in [5.74, 6) is -0.166. The summed E-state index contributed by atoms with van der Waals surface area (Å²) in [5.41, 5.74) is 1.24. The number of nitrogens with zero attached hydrogens (tertiary/aromatic N) is 4. The van der Waals surface area contributed by atoms with Crippen molar-refractivity contribution in [2.24, 2.45) is 5.92 Å². The number of morpholine rings is 1. The van der Waals surface area contributed by atoms with Gasteiger partial charge in [0.25, 0.3) is 5.56 Å². The van der Waals surface area contributed by atoms with E-state index in [1.807, 2.05) is 29.2 Å². The largest absolute Gasteiger partial charge is 0.466 e. The van der Waals surface area contributed by atoms with Gasteiger partial charge in [0.05, 0.1) is 36.8 Å². The number of hydrogen-bond acceptors (Lipinski definition) is 7. The van der Waals surface area contributed by atoms with E-state index >= 15 is 0 Å². The second kappa shape index (κ2) is 10.1. The van der Waals surface area contributed by atoms with Crippen LogP contribution in [0.25, 0.3) is 11.0 Å². The van der Waals surface area contributed by atoms with Gasteiger partial charge in [0.2, 0.25) is 5.91 Å². The zero-order chi connectivity index (χ0) is 22.5. The first-order valence-electron chi connectivity index (χ1n) is 11.3. The molecule has 2 aliphatic rings. The van der Waals surface area contributed by atoms with E-state index in [1.165, 1.54) is 0 Å². The normalized spacial score (nSPS) is 19.2. The lowest BCUT2D eigenvalue weighted by molar-refractivity contribution is -0.151. The number of hydrogen-bond donors (Lipinski definition) is 0. The van der Waals surface area contributed by atoms with Gasteiger partial charge in [-0.05, 0) is 31.9 Å². The monoisotopic (exact) mass is 442 g/mol. The highest BCUT2D eigenvalue weighted by molar-refractivity contribution is 5.79. The van der Waals surface area contributed by atoms with Gasteiger partial charge in [-0.1, -0.05) is 12.1 Å². The molecule has 1 unspecified atom stereocenters. The van der Waals surface area contributed by atoms with E-state index in [4.69, 9.17) is 9.47 Å². The number of para-hydroxylation sites is 2. The Morgan fingerprint density at radius 2 is 1.97 bits per heavy atom. The van der Waals surface area contributed by atoms with Gasteiger partial charge < -0.3 is 23.8 Å². The molecule has 32 heavy (non-hydrogen) atoms. The third kappa shape index (κ3) is 4.77. The molecule has 2 aliphatic heterocycles. The first kappa shape index (κ1) is 22.3. The van der Waals surface area contributed by atoms with E-state index in [9.17, 15) is 14.4 Å². The minimum absolute atomic E-state index is 0.0558. The number of amides is 1. The number of benzene rings is 1. The Morgan fingerprint density at radius 1 is 1.19 bits per heavy atom. The van der Waals surface area contributed by atoms with Crippen molar-refractivity contribution in [3.63, 3.8) is 0 Å². The summed E-state index contributed by atoms with van der Waals surface area (Å²) in [4.78, 5) is 46.6. The van der Waals surface area contributed by atoms with Gasteiger partial charge in [0.1, 0.15) is 0 Å². The zero-order valence-electron chi connectivity index (χ0n) is 18.5. The molecule has 1 aromatic carbocycles. The lowest BCUT2D eigenvalue weighted by atomic mass is 9.98. The van der Waals surface area contributed by atoms with Crippen molar-refractivity contribution in [2.75, 3.05) is 50.9 Å². The SMILES string of the molecule is CCOC(=O)C1CCCN(C(=O)CCn2c(=O)c(N3CCOCC3)nc3ccccc32)C1. The standard InChI is InChI=1S/C23H30N4O5/c1-2-32-23(30)17-6-5-10-26(16-17)20(28)9-11-27-19-8-4-3-7-18(19)24-21(22(27)29)25-12-14-31-15-13-25/h3-4,7-8,17H,2,5-6,9-16H2,1H3. The molecule has 9 heteroatoms. The molecule has 0 N–H and O–H groups in total. The first-order valence-corrected chi connectivity index (χ1v) is 11.3. The number of aromatic nitrogens is 2. The maximum absolute atomic E-state index is 13.3. The van der Waals surface area contributed by atoms with Gasteiger partial charge in [-0.3, -0.25) is 14.4 Å². The molecule has 1 aromatic heterocycles. The second-order valence-corrected chi connectivity index (χ2v) is 8.16. The van der Waals surface area contributed by atoms with Crippen molar-refractivity contribution in [3.8, 4) is 0 Å². The molecule has 3 heterocycles. The van der Waals surface area contributed by atoms with Gasteiger partial charge in [0, 0.05) is 39.1 Å². The Balaban J connectivity index is 1.52. The van der Waals surface area contributed by atoms with Crippen LogP contribution in [0.1, 0.15) is 26.2 Å². The predicted octanol–water partition coefficient (Wildman–Crippen LogP) is 1.42. The summed E-state index contributed by atoms with van der Waals surface area (Å²) in [5, 5.41) is 0. The number of likely N-dealkylation sites (tertiary alicyclic amines) is 1. The number of carbonyl (C=O) groups is 2. The van der Waals surface area contributed by atoms with E-state index in [0.717, 1.165) is 18.4 Å². The number of carbonyl (C=O) groups excluding carboxylic acids is 2. The Bertz CT molecular complexity index is 1030. The number of ether oxygens (including phenoxy) is 2. The number of anilines is 1. The number of esters is 1. The maximum Gasteiger partial charge on any atom is 0.310 e. The van der Waals surface area contributed by atoms with Crippen LogP contribution in [0.5, 0.6) is 0 Å². The van der Waals surface area contributed by atoms with Gasteiger partial charge in [-0.15, -0.1) is 0 Å². The van der Waals surface area contributed by atoms with Gasteiger partial charge in [0.15, 0.2) is 5.82 Å². The summed E-state index contributed by atoms with van der Waals surface area (Å²) < 4.78 is 12.2. The van der Waals surface area contributed by atoms with Gasteiger partial charge in [-0.2, -0.15) is 0 Å². The fourth-order valence-electron chi connectivity index (χ4n) is 4.40. The lowest BCUT2D eigenvalue weighted by Crippen LogP contribution is -2.43. The summed E-state index contributed by atoms with van der Waals surface area (Å²) >= 11 is 0. The summed E-state index contributed by atoms with van der Waals surface area (Å²) in [6.45, 7) is 5.73. The number of fused-ring (bicyclic) bond motifs is 1. The molecule has 0 bridgehead atoms. The first-order chi connectivity index (χ1) is 15.6. The topological polar surface area (TPSA) is 94.0 Å². The molecule has 0 radical (unpaired) electrons. The molecule has 0 saturated carbocycles. The molecule has 2 saturated heterocycles. The van der Waals surface area contributed by atoms with Crippen molar-refractivity contribution in [2.45, 2.75) is 32.7 Å².